The van der Waals surface area contributed by atoms with Gasteiger partial charge in [-0.15, -0.1) is 0 Å². The van der Waals surface area contributed by atoms with Gasteiger partial charge in [0, 0.05) is 53.8 Å². The number of hydrogen-bond acceptors (Lipinski definition) is 18. The van der Waals surface area contributed by atoms with Crippen molar-refractivity contribution in [3.05, 3.63) is 0 Å². The summed E-state index contributed by atoms with van der Waals surface area (Å²) in [5.41, 5.74) is 0. The van der Waals surface area contributed by atoms with Crippen molar-refractivity contribution in [2.75, 3.05) is 25.2 Å². The topological polar surface area (TPSA) is 221 Å². The number of alkyl halides is 1. The van der Waals surface area contributed by atoms with Crippen molar-refractivity contribution in [2.24, 2.45) is 0 Å². The molecule has 0 saturated carbocycles. The summed E-state index contributed by atoms with van der Waals surface area (Å²) in [6.45, 7) is 6.50. The predicted octanol–water partition coefficient (Wildman–Crippen LogP) is 0.0176. The largest absolute Gasteiger partial charge is 0.463 e. The second-order valence-electron chi connectivity index (χ2n) is 10.2. The lowest BCUT2D eigenvalue weighted by atomic mass is 9.96. The van der Waals surface area contributed by atoms with Gasteiger partial charge >= 0.3 is 41.8 Å². The Balaban J connectivity index is 2.71. The third-order valence-electron chi connectivity index (χ3n) is 6.24. The van der Waals surface area contributed by atoms with Crippen LogP contribution in [0.5, 0.6) is 0 Å². The SMILES string of the molecule is CC(=O)OC[C@H]1O[C@@H](O[C@H]2[C@H](OC(C)=O)[C@@H](OC(C)=O)[C@@H](OCCBr)O[C@@H]2COC(C)=O)[C@H](OC(C)=O)[C@@H](OC(C)=O)[C@H]1OC(C)=O. The van der Waals surface area contributed by atoms with Gasteiger partial charge < -0.3 is 52.1 Å². The first-order valence-corrected chi connectivity index (χ1v) is 15.4. The van der Waals surface area contributed by atoms with Gasteiger partial charge in [-0.25, -0.2) is 0 Å². The monoisotopic (exact) mass is 742 g/mol. The summed E-state index contributed by atoms with van der Waals surface area (Å²) in [6.07, 6.45) is -15.1. The quantitative estimate of drug-likeness (QED) is 0.130. The lowest BCUT2D eigenvalue weighted by molar-refractivity contribution is -0.360. The predicted molar refractivity (Wildman–Crippen MR) is 153 cm³/mol. The zero-order valence-corrected chi connectivity index (χ0v) is 28.4. The Morgan fingerprint density at radius 1 is 0.489 bits per heavy atom. The zero-order valence-electron chi connectivity index (χ0n) is 26.8. The molecule has 18 nitrogen and oxygen atoms in total. The standard InChI is InChI=1S/C28H39BrO18/c1-12(30)38-10-19-21(40-14(3)32)23(41-15(4)33)26(44-18(7)36)28(46-19)47-22-20(11-39-13(2)31)45-27(37-9-8-29)25(43-17(6)35)24(22)42-16(5)34/h19-28H,8-11H2,1-7H3/t19-,20-,21+,22-,23+,24+,25-,26-,27+,28+/m1/s1. The number of carbonyl (C=O) groups is 7. The molecule has 10 atom stereocenters. The number of hydrogen-bond donors (Lipinski definition) is 0. The first kappa shape index (κ1) is 39.8. The lowest BCUT2D eigenvalue weighted by Crippen LogP contribution is -2.67. The van der Waals surface area contributed by atoms with Gasteiger partial charge in [0.15, 0.2) is 43.1 Å². The van der Waals surface area contributed by atoms with Crippen molar-refractivity contribution in [1.82, 2.24) is 0 Å². The highest BCUT2D eigenvalue weighted by Crippen LogP contribution is 2.35. The third kappa shape index (κ3) is 12.6. The Hall–Kier alpha value is -3.39. The third-order valence-corrected chi connectivity index (χ3v) is 6.57. The Morgan fingerprint density at radius 2 is 0.851 bits per heavy atom. The van der Waals surface area contributed by atoms with Crippen LogP contribution in [0.2, 0.25) is 0 Å². The summed E-state index contributed by atoms with van der Waals surface area (Å²) in [4.78, 5) is 84.6. The average Bonchev–Trinajstić information content (AvgIpc) is 2.94. The van der Waals surface area contributed by atoms with Gasteiger partial charge in [-0.3, -0.25) is 33.6 Å². The Labute approximate surface area is 278 Å². The van der Waals surface area contributed by atoms with Crippen LogP contribution in [-0.2, 0) is 85.7 Å². The molecule has 2 aliphatic rings. The molecular weight excluding hydrogens is 704 g/mol. The molecule has 0 bridgehead atoms. The van der Waals surface area contributed by atoms with Gasteiger partial charge in [0.05, 0.1) is 6.61 Å². The number of esters is 7. The van der Waals surface area contributed by atoms with Crippen LogP contribution in [0.3, 0.4) is 0 Å². The van der Waals surface area contributed by atoms with Crippen LogP contribution < -0.4 is 0 Å². The maximum absolute atomic E-state index is 12.4. The van der Waals surface area contributed by atoms with Crippen LogP contribution in [0, 0.1) is 0 Å². The maximum Gasteiger partial charge on any atom is 0.303 e. The van der Waals surface area contributed by atoms with E-state index in [4.69, 9.17) is 52.1 Å². The number of carbonyl (C=O) groups excluding carboxylic acids is 7. The Kier molecular flexibility index (Phi) is 15.9. The molecule has 0 aromatic rings. The van der Waals surface area contributed by atoms with Crippen molar-refractivity contribution in [2.45, 2.75) is 110 Å². The summed E-state index contributed by atoms with van der Waals surface area (Å²) in [5, 5.41) is 0.331. The van der Waals surface area contributed by atoms with Gasteiger partial charge in [-0.2, -0.15) is 0 Å². The van der Waals surface area contributed by atoms with E-state index in [1.54, 1.807) is 0 Å². The van der Waals surface area contributed by atoms with Crippen LogP contribution in [0.1, 0.15) is 48.5 Å². The van der Waals surface area contributed by atoms with Gasteiger partial charge in [-0.1, -0.05) is 15.9 Å². The molecule has 0 unspecified atom stereocenters. The van der Waals surface area contributed by atoms with E-state index in [1.165, 1.54) is 0 Å². The minimum Gasteiger partial charge on any atom is -0.463 e. The summed E-state index contributed by atoms with van der Waals surface area (Å²) >= 11 is 3.22. The molecule has 0 amide bonds. The molecule has 0 N–H and O–H groups in total. The number of ether oxygens (including phenoxy) is 11. The smallest absolute Gasteiger partial charge is 0.303 e. The summed E-state index contributed by atoms with van der Waals surface area (Å²) < 4.78 is 61.5. The molecule has 2 aliphatic heterocycles. The van der Waals surface area contributed by atoms with E-state index < -0.39 is 116 Å². The first-order chi connectivity index (χ1) is 22.0. The molecule has 0 aromatic heterocycles. The van der Waals surface area contributed by atoms with E-state index in [2.05, 4.69) is 15.9 Å². The van der Waals surface area contributed by atoms with Crippen molar-refractivity contribution in [1.29, 1.82) is 0 Å². The van der Waals surface area contributed by atoms with Crippen LogP contribution in [0.15, 0.2) is 0 Å². The first-order valence-electron chi connectivity index (χ1n) is 14.3. The molecule has 19 heteroatoms. The molecule has 0 radical (unpaired) electrons. The fourth-order valence-corrected chi connectivity index (χ4v) is 4.95. The van der Waals surface area contributed by atoms with Crippen molar-refractivity contribution in [3.63, 3.8) is 0 Å². The van der Waals surface area contributed by atoms with E-state index in [9.17, 15) is 33.6 Å². The van der Waals surface area contributed by atoms with E-state index in [1.807, 2.05) is 0 Å². The van der Waals surface area contributed by atoms with Gasteiger partial charge in [-0.05, 0) is 0 Å². The minimum atomic E-state index is -1.76. The molecule has 0 aromatic carbocycles. The molecule has 47 heavy (non-hydrogen) atoms. The maximum atomic E-state index is 12.4. The second kappa shape index (κ2) is 18.8. The normalized spacial score (nSPS) is 30.2. The Morgan fingerprint density at radius 3 is 1.28 bits per heavy atom. The highest BCUT2D eigenvalue weighted by molar-refractivity contribution is 9.09. The van der Waals surface area contributed by atoms with Gasteiger partial charge in [0.25, 0.3) is 0 Å². The van der Waals surface area contributed by atoms with E-state index >= 15 is 0 Å². The fourth-order valence-electron chi connectivity index (χ4n) is 4.77. The molecule has 2 rings (SSSR count). The molecule has 2 heterocycles. The zero-order chi connectivity index (χ0) is 35.4. The second-order valence-corrected chi connectivity index (χ2v) is 11.0. The Bertz CT molecular complexity index is 1140. The van der Waals surface area contributed by atoms with Crippen LogP contribution in [-0.4, -0.2) is 128 Å². The number of halogens is 1. The highest BCUT2D eigenvalue weighted by Gasteiger charge is 2.57. The summed E-state index contributed by atoms with van der Waals surface area (Å²) in [6, 6.07) is 0. The van der Waals surface area contributed by atoms with Crippen LogP contribution in [0.25, 0.3) is 0 Å². The van der Waals surface area contributed by atoms with Crippen LogP contribution in [0.4, 0.5) is 0 Å². The molecule has 266 valence electrons. The van der Waals surface area contributed by atoms with E-state index in [0.717, 1.165) is 48.5 Å². The van der Waals surface area contributed by atoms with Crippen LogP contribution >= 0.6 is 15.9 Å². The van der Waals surface area contributed by atoms with Crippen molar-refractivity contribution >= 4 is 57.7 Å². The summed E-state index contributed by atoms with van der Waals surface area (Å²) in [5.74, 6) is -5.76. The molecule has 2 fully saturated rings. The number of rotatable bonds is 14. The average molecular weight is 744 g/mol. The fraction of sp³-hybridized carbons (Fsp3) is 0.750. The molecular formula is C28H39BrO18. The summed E-state index contributed by atoms with van der Waals surface area (Å²) in [7, 11) is 0. The lowest BCUT2D eigenvalue weighted by Gasteiger charge is -2.48. The van der Waals surface area contributed by atoms with E-state index in [-0.39, 0.29) is 6.61 Å². The van der Waals surface area contributed by atoms with Crippen molar-refractivity contribution < 1.29 is 85.7 Å². The molecule has 0 spiro atoms. The van der Waals surface area contributed by atoms with Crippen molar-refractivity contribution in [3.8, 4) is 0 Å². The molecule has 0 aliphatic carbocycles. The molecule has 2 saturated heterocycles. The van der Waals surface area contributed by atoms with Gasteiger partial charge in [0.2, 0.25) is 0 Å². The van der Waals surface area contributed by atoms with Gasteiger partial charge in [0.1, 0.15) is 31.5 Å². The van der Waals surface area contributed by atoms with E-state index in [0.29, 0.717) is 5.33 Å². The minimum absolute atomic E-state index is 0.0424. The highest BCUT2D eigenvalue weighted by atomic mass is 79.9.